The van der Waals surface area contributed by atoms with Gasteiger partial charge in [-0.2, -0.15) is 0 Å². The third kappa shape index (κ3) is 4.11. The van der Waals surface area contributed by atoms with Crippen molar-refractivity contribution in [3.8, 4) is 0 Å². The van der Waals surface area contributed by atoms with Gasteiger partial charge in [0.2, 0.25) is 0 Å². The van der Waals surface area contributed by atoms with Gasteiger partial charge in [-0.1, -0.05) is 0 Å². The van der Waals surface area contributed by atoms with Crippen molar-refractivity contribution in [1.82, 2.24) is 0 Å². The SMILES string of the molecule is Cc1cc2oc(=O)cc(COC(=O)c3ccc(N(C)C)c([N+](=O)[O-])c3)c2cc1C. The number of esters is 1. The van der Waals surface area contributed by atoms with Gasteiger partial charge in [0, 0.05) is 37.2 Å². The average molecular weight is 396 g/mol. The lowest BCUT2D eigenvalue weighted by atomic mass is 10.0. The first kappa shape index (κ1) is 20.1. The summed E-state index contributed by atoms with van der Waals surface area (Å²) in [7, 11) is 3.35. The van der Waals surface area contributed by atoms with Crippen molar-refractivity contribution < 1.29 is 18.9 Å². The third-order valence-electron chi connectivity index (χ3n) is 4.69. The number of ether oxygens (including phenoxy) is 1. The second-order valence-electron chi connectivity index (χ2n) is 6.95. The predicted octanol–water partition coefficient (Wildman–Crippen LogP) is 3.74. The molecule has 0 amide bonds. The Balaban J connectivity index is 1.90. The molecule has 0 atom stereocenters. The quantitative estimate of drug-likeness (QED) is 0.280. The minimum absolute atomic E-state index is 0.0570. The number of aryl methyl sites for hydroxylation is 2. The largest absolute Gasteiger partial charge is 0.457 e. The summed E-state index contributed by atoms with van der Waals surface area (Å²) >= 11 is 0. The maximum Gasteiger partial charge on any atom is 0.338 e. The number of benzene rings is 2. The van der Waals surface area contributed by atoms with Crippen LogP contribution in [-0.4, -0.2) is 25.0 Å². The van der Waals surface area contributed by atoms with Crippen molar-refractivity contribution in [2.75, 3.05) is 19.0 Å². The lowest BCUT2D eigenvalue weighted by Crippen LogP contribution is -2.13. The Labute approximate surface area is 166 Å². The molecule has 0 saturated heterocycles. The highest BCUT2D eigenvalue weighted by Gasteiger charge is 2.20. The highest BCUT2D eigenvalue weighted by atomic mass is 16.6. The summed E-state index contributed by atoms with van der Waals surface area (Å²) in [6.45, 7) is 3.68. The van der Waals surface area contributed by atoms with Gasteiger partial charge in [-0.15, -0.1) is 0 Å². The van der Waals surface area contributed by atoms with E-state index in [1.807, 2.05) is 19.9 Å². The maximum atomic E-state index is 12.5. The van der Waals surface area contributed by atoms with Crippen LogP contribution >= 0.6 is 0 Å². The van der Waals surface area contributed by atoms with Crippen molar-refractivity contribution >= 4 is 28.3 Å². The lowest BCUT2D eigenvalue weighted by Gasteiger charge is -2.13. The molecule has 0 spiro atoms. The summed E-state index contributed by atoms with van der Waals surface area (Å²) in [5.74, 6) is -0.719. The van der Waals surface area contributed by atoms with Crippen LogP contribution in [0.25, 0.3) is 11.0 Å². The van der Waals surface area contributed by atoms with E-state index in [1.54, 1.807) is 25.1 Å². The van der Waals surface area contributed by atoms with Crippen LogP contribution in [0.15, 0.2) is 45.6 Å². The Kier molecular flexibility index (Phi) is 5.36. The summed E-state index contributed by atoms with van der Waals surface area (Å²) < 4.78 is 10.6. The molecule has 0 unspecified atom stereocenters. The number of fused-ring (bicyclic) bond motifs is 1. The van der Waals surface area contributed by atoms with Crippen molar-refractivity contribution in [2.45, 2.75) is 20.5 Å². The number of carbonyl (C=O) groups is 1. The fraction of sp³-hybridized carbons (Fsp3) is 0.238. The molecule has 0 N–H and O–H groups in total. The van der Waals surface area contributed by atoms with E-state index in [0.717, 1.165) is 11.1 Å². The first-order valence-corrected chi connectivity index (χ1v) is 8.84. The second kappa shape index (κ2) is 7.75. The first-order valence-electron chi connectivity index (χ1n) is 8.84. The van der Waals surface area contributed by atoms with Crippen LogP contribution in [-0.2, 0) is 11.3 Å². The third-order valence-corrected chi connectivity index (χ3v) is 4.69. The van der Waals surface area contributed by atoms with Crippen molar-refractivity contribution in [1.29, 1.82) is 0 Å². The number of nitro benzene ring substituents is 1. The van der Waals surface area contributed by atoms with E-state index < -0.39 is 16.5 Å². The zero-order valence-corrected chi connectivity index (χ0v) is 16.5. The molecule has 8 nitrogen and oxygen atoms in total. The molecule has 1 heterocycles. The summed E-state index contributed by atoms with van der Waals surface area (Å²) in [6.07, 6.45) is 0. The van der Waals surface area contributed by atoms with Gasteiger partial charge in [0.1, 0.15) is 17.9 Å². The minimum Gasteiger partial charge on any atom is -0.457 e. The number of nitro groups is 1. The van der Waals surface area contributed by atoms with E-state index in [2.05, 4.69) is 0 Å². The Morgan fingerprint density at radius 2 is 1.83 bits per heavy atom. The van der Waals surface area contributed by atoms with Crippen molar-refractivity contribution in [3.63, 3.8) is 0 Å². The number of carbonyl (C=O) groups excluding carboxylic acids is 1. The Morgan fingerprint density at radius 3 is 2.48 bits per heavy atom. The zero-order chi connectivity index (χ0) is 21.3. The molecule has 0 aliphatic carbocycles. The number of hydrogen-bond donors (Lipinski definition) is 0. The Morgan fingerprint density at radius 1 is 1.14 bits per heavy atom. The van der Waals surface area contributed by atoms with Crippen LogP contribution in [0.5, 0.6) is 0 Å². The zero-order valence-electron chi connectivity index (χ0n) is 16.5. The molecule has 0 aliphatic heterocycles. The number of hydrogen-bond acceptors (Lipinski definition) is 7. The Hall–Kier alpha value is -3.68. The molecule has 3 aromatic rings. The summed E-state index contributed by atoms with van der Waals surface area (Å²) in [5, 5.41) is 12.0. The lowest BCUT2D eigenvalue weighted by molar-refractivity contribution is -0.384. The number of rotatable bonds is 5. The molecule has 29 heavy (non-hydrogen) atoms. The molecule has 0 aliphatic rings. The normalized spacial score (nSPS) is 10.8. The topological polar surface area (TPSA) is 103 Å². The van der Waals surface area contributed by atoms with Gasteiger partial charge in [0.15, 0.2) is 0 Å². The molecule has 0 bridgehead atoms. The summed E-state index contributed by atoms with van der Waals surface area (Å²) in [4.78, 5) is 36.7. The molecule has 0 fully saturated rings. The Bertz CT molecular complexity index is 1180. The first-order chi connectivity index (χ1) is 13.7. The van der Waals surface area contributed by atoms with Gasteiger partial charge in [-0.3, -0.25) is 10.1 Å². The van der Waals surface area contributed by atoms with Crippen LogP contribution in [0.2, 0.25) is 0 Å². The number of nitrogens with zero attached hydrogens (tertiary/aromatic N) is 2. The van der Waals surface area contributed by atoms with E-state index in [1.165, 1.54) is 24.3 Å². The standard InChI is InChI=1S/C21H20N2O6/c1-12-7-16-15(10-20(24)29-19(16)8-13(12)2)11-28-21(25)14-5-6-17(22(3)4)18(9-14)23(26)27/h5-10H,11H2,1-4H3. The molecule has 1 aromatic heterocycles. The maximum absolute atomic E-state index is 12.5. The highest BCUT2D eigenvalue weighted by molar-refractivity contribution is 5.91. The van der Waals surface area contributed by atoms with Crippen LogP contribution in [0, 0.1) is 24.0 Å². The molecule has 0 saturated carbocycles. The van der Waals surface area contributed by atoms with Crippen LogP contribution in [0.4, 0.5) is 11.4 Å². The van der Waals surface area contributed by atoms with E-state index in [9.17, 15) is 19.7 Å². The van der Waals surface area contributed by atoms with E-state index in [0.29, 0.717) is 22.2 Å². The molecule has 0 radical (unpaired) electrons. The minimum atomic E-state index is -0.719. The molecule has 3 rings (SSSR count). The predicted molar refractivity (Wildman–Crippen MR) is 109 cm³/mol. The molecule has 150 valence electrons. The van der Waals surface area contributed by atoms with Gasteiger partial charge < -0.3 is 14.1 Å². The van der Waals surface area contributed by atoms with E-state index >= 15 is 0 Å². The highest BCUT2D eigenvalue weighted by Crippen LogP contribution is 2.28. The second-order valence-corrected chi connectivity index (χ2v) is 6.95. The fourth-order valence-corrected chi connectivity index (χ4v) is 3.00. The summed E-state index contributed by atoms with van der Waals surface area (Å²) in [5.41, 5.74) is 2.60. The van der Waals surface area contributed by atoms with Crippen LogP contribution < -0.4 is 10.5 Å². The average Bonchev–Trinajstić information content (AvgIpc) is 2.66. The monoisotopic (exact) mass is 396 g/mol. The van der Waals surface area contributed by atoms with Gasteiger partial charge >= 0.3 is 11.6 Å². The number of anilines is 1. The smallest absolute Gasteiger partial charge is 0.338 e. The van der Waals surface area contributed by atoms with Crippen molar-refractivity contribution in [2.24, 2.45) is 0 Å². The molecular formula is C21H20N2O6. The van der Waals surface area contributed by atoms with Crippen LogP contribution in [0.3, 0.4) is 0 Å². The summed E-state index contributed by atoms with van der Waals surface area (Å²) in [6, 6.07) is 9.06. The van der Waals surface area contributed by atoms with Crippen molar-refractivity contribution in [3.05, 3.63) is 79.2 Å². The van der Waals surface area contributed by atoms with Gasteiger partial charge in [-0.05, 0) is 49.2 Å². The van der Waals surface area contributed by atoms with E-state index in [-0.39, 0.29) is 17.9 Å². The fourth-order valence-electron chi connectivity index (χ4n) is 3.00. The van der Waals surface area contributed by atoms with Gasteiger partial charge in [0.25, 0.3) is 5.69 Å². The van der Waals surface area contributed by atoms with Gasteiger partial charge in [-0.25, -0.2) is 9.59 Å². The molecular weight excluding hydrogens is 376 g/mol. The van der Waals surface area contributed by atoms with E-state index in [4.69, 9.17) is 9.15 Å². The molecule has 8 heteroatoms. The molecule has 2 aromatic carbocycles. The van der Waals surface area contributed by atoms with Crippen LogP contribution in [0.1, 0.15) is 27.0 Å². The van der Waals surface area contributed by atoms with Gasteiger partial charge in [0.05, 0.1) is 10.5 Å².